The average Bonchev–Trinajstić information content (AvgIpc) is 2.72. The number of ether oxygens (including phenoxy) is 2. The third-order valence-corrected chi connectivity index (χ3v) is 5.21. The van der Waals surface area contributed by atoms with E-state index >= 15 is 0 Å². The number of benzene rings is 1. The van der Waals surface area contributed by atoms with Crippen LogP contribution < -0.4 is 4.74 Å². The van der Waals surface area contributed by atoms with E-state index in [2.05, 4.69) is 14.3 Å². The fourth-order valence-electron chi connectivity index (χ4n) is 2.89. The Morgan fingerprint density at radius 2 is 1.96 bits per heavy atom. The Balaban J connectivity index is 1.52. The van der Waals surface area contributed by atoms with Gasteiger partial charge in [-0.1, -0.05) is 26.0 Å². The number of hydrogen-bond donors (Lipinski definition) is 0. The summed E-state index contributed by atoms with van der Waals surface area (Å²) in [5.41, 5.74) is 0.963. The van der Waals surface area contributed by atoms with Crippen LogP contribution >= 0.6 is 11.9 Å². The molecule has 0 spiro atoms. The molecule has 7 nitrogen and oxygen atoms in total. The maximum Gasteiger partial charge on any atom is 0.409 e. The van der Waals surface area contributed by atoms with Crippen molar-refractivity contribution in [2.45, 2.75) is 13.8 Å². The highest BCUT2D eigenvalue weighted by molar-refractivity contribution is 8.13. The second kappa shape index (κ2) is 9.12. The van der Waals surface area contributed by atoms with E-state index in [9.17, 15) is 4.79 Å². The second-order valence-corrected chi connectivity index (χ2v) is 7.62. The number of nitrogens with zero attached hydrogens (tertiary/aromatic N) is 4. The van der Waals surface area contributed by atoms with Crippen LogP contribution in [0.1, 0.15) is 19.4 Å². The summed E-state index contributed by atoms with van der Waals surface area (Å²) in [6, 6.07) is 7.83. The van der Waals surface area contributed by atoms with E-state index in [0.29, 0.717) is 32.2 Å². The van der Waals surface area contributed by atoms with Gasteiger partial charge in [0, 0.05) is 38.1 Å². The molecular weight excluding hydrogens is 364 g/mol. The summed E-state index contributed by atoms with van der Waals surface area (Å²) >= 11 is 1.38. The Labute approximate surface area is 164 Å². The quantitative estimate of drug-likeness (QED) is 0.740. The first kappa shape index (κ1) is 19.5. The molecule has 1 amide bonds. The molecule has 0 aliphatic carbocycles. The number of aliphatic imine (C=N–C) groups is 1. The van der Waals surface area contributed by atoms with Gasteiger partial charge in [-0.2, -0.15) is 4.40 Å². The van der Waals surface area contributed by atoms with Crippen molar-refractivity contribution in [3.05, 3.63) is 29.8 Å². The average molecular weight is 391 g/mol. The molecule has 1 aromatic rings. The van der Waals surface area contributed by atoms with Gasteiger partial charge >= 0.3 is 6.09 Å². The predicted octanol–water partition coefficient (Wildman–Crippen LogP) is 2.91. The molecule has 0 atom stereocenters. The number of rotatable bonds is 4. The third-order valence-electron chi connectivity index (χ3n) is 4.38. The number of amides is 1. The minimum absolute atomic E-state index is 0.222. The first-order chi connectivity index (χ1) is 13.1. The van der Waals surface area contributed by atoms with Gasteiger partial charge in [-0.05, 0) is 18.1 Å². The van der Waals surface area contributed by atoms with E-state index in [4.69, 9.17) is 9.47 Å². The largest absolute Gasteiger partial charge is 0.496 e. The van der Waals surface area contributed by atoms with Gasteiger partial charge in [0.25, 0.3) is 0 Å². The van der Waals surface area contributed by atoms with Crippen molar-refractivity contribution in [1.82, 2.24) is 9.80 Å². The Morgan fingerprint density at radius 3 is 2.59 bits per heavy atom. The first-order valence-electron chi connectivity index (χ1n) is 9.17. The summed E-state index contributed by atoms with van der Waals surface area (Å²) in [6.45, 7) is 7.84. The SMILES string of the molecule is COc1ccccc1C1=NCC(N2CCN(C(=O)OCC(C)C)CC2)=NS1. The van der Waals surface area contributed by atoms with Gasteiger partial charge < -0.3 is 19.3 Å². The maximum atomic E-state index is 12.1. The summed E-state index contributed by atoms with van der Waals surface area (Å²) in [7, 11) is 1.66. The second-order valence-electron chi connectivity index (χ2n) is 6.87. The molecule has 0 radical (unpaired) electrons. The lowest BCUT2D eigenvalue weighted by Crippen LogP contribution is -2.51. The number of carbonyl (C=O) groups is 1. The minimum atomic E-state index is -0.222. The van der Waals surface area contributed by atoms with Crippen LogP contribution in [-0.4, -0.2) is 73.2 Å². The maximum absolute atomic E-state index is 12.1. The van der Waals surface area contributed by atoms with Crippen LogP contribution in [0.5, 0.6) is 5.75 Å². The van der Waals surface area contributed by atoms with Crippen molar-refractivity contribution in [2.24, 2.45) is 15.3 Å². The van der Waals surface area contributed by atoms with Crippen molar-refractivity contribution < 1.29 is 14.3 Å². The summed E-state index contributed by atoms with van der Waals surface area (Å²) in [5.74, 6) is 2.10. The van der Waals surface area contributed by atoms with Crippen LogP contribution in [0.15, 0.2) is 33.7 Å². The Morgan fingerprint density at radius 1 is 1.22 bits per heavy atom. The van der Waals surface area contributed by atoms with Crippen LogP contribution in [0.3, 0.4) is 0 Å². The van der Waals surface area contributed by atoms with Gasteiger partial charge in [-0.25, -0.2) is 4.79 Å². The van der Waals surface area contributed by atoms with Crippen molar-refractivity contribution >= 4 is 28.9 Å². The normalized spacial score (nSPS) is 17.5. The third kappa shape index (κ3) is 4.94. The molecule has 27 heavy (non-hydrogen) atoms. The zero-order chi connectivity index (χ0) is 19.2. The van der Waals surface area contributed by atoms with Gasteiger partial charge in [0.15, 0.2) is 0 Å². The number of methoxy groups -OCH3 is 1. The van der Waals surface area contributed by atoms with Crippen LogP contribution in [-0.2, 0) is 4.74 Å². The highest BCUT2D eigenvalue weighted by Crippen LogP contribution is 2.27. The predicted molar refractivity (Wildman–Crippen MR) is 109 cm³/mol. The van der Waals surface area contributed by atoms with E-state index in [1.54, 1.807) is 12.0 Å². The van der Waals surface area contributed by atoms with Gasteiger partial charge in [0.1, 0.15) is 16.6 Å². The highest BCUT2D eigenvalue weighted by atomic mass is 32.2. The first-order valence-corrected chi connectivity index (χ1v) is 9.94. The van der Waals surface area contributed by atoms with Crippen molar-refractivity contribution in [1.29, 1.82) is 0 Å². The topological polar surface area (TPSA) is 66.7 Å². The lowest BCUT2D eigenvalue weighted by atomic mass is 10.2. The van der Waals surface area contributed by atoms with Crippen LogP contribution in [0, 0.1) is 5.92 Å². The summed E-state index contributed by atoms with van der Waals surface area (Å²) in [6.07, 6.45) is -0.222. The van der Waals surface area contributed by atoms with Crippen molar-refractivity contribution in [3.63, 3.8) is 0 Å². The van der Waals surface area contributed by atoms with Gasteiger partial charge in [0.05, 0.1) is 25.8 Å². The zero-order valence-electron chi connectivity index (χ0n) is 16.1. The number of para-hydroxylation sites is 1. The lowest BCUT2D eigenvalue weighted by Gasteiger charge is -2.36. The van der Waals surface area contributed by atoms with Gasteiger partial charge in [-0.15, -0.1) is 0 Å². The molecule has 0 aromatic heterocycles. The van der Waals surface area contributed by atoms with E-state index in [0.717, 1.165) is 35.3 Å². The molecule has 2 heterocycles. The minimum Gasteiger partial charge on any atom is -0.496 e. The van der Waals surface area contributed by atoms with Crippen molar-refractivity contribution in [3.8, 4) is 5.75 Å². The Kier molecular flexibility index (Phi) is 6.60. The molecule has 0 N–H and O–H groups in total. The fraction of sp³-hybridized carbons (Fsp3) is 0.526. The molecule has 146 valence electrons. The van der Waals surface area contributed by atoms with E-state index < -0.39 is 0 Å². The number of amidine groups is 1. The number of hydrogen-bond acceptors (Lipinski definition) is 7. The molecule has 1 fully saturated rings. The molecule has 0 bridgehead atoms. The lowest BCUT2D eigenvalue weighted by molar-refractivity contribution is 0.0792. The van der Waals surface area contributed by atoms with Crippen LogP contribution in [0.2, 0.25) is 0 Å². The summed E-state index contributed by atoms with van der Waals surface area (Å²) in [4.78, 5) is 20.7. The molecule has 0 unspecified atom stereocenters. The molecule has 3 rings (SSSR count). The molecular formula is C19H26N4O3S. The standard InChI is InChI=1S/C19H26N4O3S/c1-14(2)13-26-19(24)23-10-8-22(9-11-23)17-12-20-18(27-21-17)15-6-4-5-7-16(15)25-3/h4-7,14H,8-13H2,1-3H3. The fourth-order valence-corrected chi connectivity index (χ4v) is 3.64. The highest BCUT2D eigenvalue weighted by Gasteiger charge is 2.26. The molecule has 1 saturated heterocycles. The molecule has 2 aliphatic heterocycles. The van der Waals surface area contributed by atoms with Gasteiger partial charge in [0.2, 0.25) is 0 Å². The number of carbonyl (C=O) groups excluding carboxylic acids is 1. The van der Waals surface area contributed by atoms with E-state index in [1.165, 1.54) is 11.9 Å². The summed E-state index contributed by atoms with van der Waals surface area (Å²) < 4.78 is 15.4. The number of piperazine rings is 1. The van der Waals surface area contributed by atoms with Gasteiger partial charge in [-0.3, -0.25) is 4.99 Å². The van der Waals surface area contributed by atoms with Crippen LogP contribution in [0.4, 0.5) is 4.79 Å². The monoisotopic (exact) mass is 390 g/mol. The summed E-state index contributed by atoms with van der Waals surface area (Å²) in [5, 5.41) is 0.868. The van der Waals surface area contributed by atoms with Crippen molar-refractivity contribution in [2.75, 3.05) is 46.4 Å². The molecule has 1 aromatic carbocycles. The zero-order valence-corrected chi connectivity index (χ0v) is 16.9. The van der Waals surface area contributed by atoms with Crippen LogP contribution in [0.25, 0.3) is 0 Å². The Hall–Kier alpha value is -2.22. The van der Waals surface area contributed by atoms with E-state index in [-0.39, 0.29) is 6.09 Å². The van der Waals surface area contributed by atoms with E-state index in [1.807, 2.05) is 38.1 Å². The molecule has 2 aliphatic rings. The molecule has 0 saturated carbocycles. The Bertz CT molecular complexity index is 727. The molecule has 8 heteroatoms. The smallest absolute Gasteiger partial charge is 0.409 e.